The molecule has 0 saturated carbocycles. The minimum Gasteiger partial charge on any atom is -0.0622 e. The molecule has 0 saturated heterocycles. The van der Waals surface area contributed by atoms with Crippen LogP contribution in [0.5, 0.6) is 0 Å². The summed E-state index contributed by atoms with van der Waals surface area (Å²) in [6, 6.07) is 67.3. The van der Waals surface area contributed by atoms with Crippen molar-refractivity contribution in [2.24, 2.45) is 0 Å². The third kappa shape index (κ3) is 6.57. The molecule has 0 fully saturated rings. The summed E-state index contributed by atoms with van der Waals surface area (Å²) in [5, 5.41) is 5.72. The fourth-order valence-corrected chi connectivity index (χ4v) is 11.7. The minimum absolute atomic E-state index is 0.346. The lowest BCUT2D eigenvalue weighted by molar-refractivity contribution is 0.775. The molecular weight excluding hydrogens is 530 g/mol. The summed E-state index contributed by atoms with van der Waals surface area (Å²) in [7, 11) is -1.33. The fraction of sp³-hybridized carbons (Fsp3) is 0.0769. The van der Waals surface area contributed by atoms with Gasteiger partial charge in [0, 0.05) is 11.3 Å². The van der Waals surface area contributed by atoms with Crippen molar-refractivity contribution in [1.29, 1.82) is 0 Å². The molecule has 0 radical (unpaired) electrons. The first-order chi connectivity index (χ1) is 20.4. The van der Waals surface area contributed by atoms with Crippen LogP contribution in [0.1, 0.15) is 28.9 Å². The summed E-state index contributed by atoms with van der Waals surface area (Å²) < 4.78 is 0. The van der Waals surface area contributed by atoms with Gasteiger partial charge in [-0.2, -0.15) is 0 Å². The Morgan fingerprint density at radius 1 is 0.293 bits per heavy atom. The van der Waals surface area contributed by atoms with Gasteiger partial charge in [0.1, 0.15) is 0 Å². The quantitative estimate of drug-likeness (QED) is 0.146. The van der Waals surface area contributed by atoms with E-state index in [2.05, 4.69) is 182 Å². The topological polar surface area (TPSA) is 0 Å². The molecule has 6 aromatic carbocycles. The van der Waals surface area contributed by atoms with Crippen molar-refractivity contribution in [3.63, 3.8) is 0 Å². The van der Waals surface area contributed by atoms with Gasteiger partial charge in [0.15, 0.2) is 0 Å². The van der Waals surface area contributed by atoms with Crippen LogP contribution in [0.3, 0.4) is 0 Å². The van der Waals surface area contributed by atoms with Crippen LogP contribution in [0, 0.1) is 0 Å². The summed E-state index contributed by atoms with van der Waals surface area (Å²) in [5.41, 5.74) is 3.53. The molecule has 0 aliphatic heterocycles. The number of rotatable bonds is 10. The molecule has 2 heteroatoms. The van der Waals surface area contributed by atoms with Crippen LogP contribution >= 0.6 is 15.8 Å². The van der Waals surface area contributed by atoms with Crippen LogP contribution in [0.15, 0.2) is 182 Å². The fourth-order valence-electron chi connectivity index (χ4n) is 5.72. The van der Waals surface area contributed by atoms with E-state index in [0.717, 1.165) is 6.42 Å². The smallest absolute Gasteiger partial charge is 0.0131 e. The van der Waals surface area contributed by atoms with Crippen molar-refractivity contribution in [3.8, 4) is 0 Å². The first-order valence-corrected chi connectivity index (χ1v) is 17.1. The Morgan fingerprint density at radius 2 is 0.512 bits per heavy atom. The van der Waals surface area contributed by atoms with Crippen molar-refractivity contribution in [2.45, 2.75) is 17.7 Å². The number of hydrogen-bond acceptors (Lipinski definition) is 0. The molecule has 0 bridgehead atoms. The lowest BCUT2D eigenvalue weighted by Gasteiger charge is -2.36. The first-order valence-electron chi connectivity index (χ1n) is 14.3. The van der Waals surface area contributed by atoms with Gasteiger partial charge in [-0.25, -0.2) is 0 Å². The summed E-state index contributed by atoms with van der Waals surface area (Å²) in [4.78, 5) is 0. The molecule has 0 aliphatic rings. The minimum atomic E-state index is -0.666. The monoisotopic (exact) mass is 564 g/mol. The predicted octanol–water partition coefficient (Wildman–Crippen LogP) is 9.12. The van der Waals surface area contributed by atoms with Crippen molar-refractivity contribution in [1.82, 2.24) is 0 Å². The molecule has 2 unspecified atom stereocenters. The van der Waals surface area contributed by atoms with E-state index < -0.39 is 15.8 Å². The molecule has 41 heavy (non-hydrogen) atoms. The van der Waals surface area contributed by atoms with Gasteiger partial charge in [0.05, 0.1) is 0 Å². The maximum Gasteiger partial charge on any atom is 0.0131 e. The Labute approximate surface area is 247 Å². The van der Waals surface area contributed by atoms with E-state index in [1.165, 1.54) is 32.3 Å². The standard InChI is InChI=1S/C39H34P2/c1-7-19-32(20-8-1)38(40(34-23-11-3-12-24-34)35-25-13-4-14-26-35)31-39(33-21-9-2-10-22-33)41(36-27-15-5-16-28-36)37-29-17-6-18-30-37/h1-30,38-39H,31H2. The summed E-state index contributed by atoms with van der Waals surface area (Å²) >= 11 is 0. The second-order valence-corrected chi connectivity index (χ2v) is 15.0. The third-order valence-electron chi connectivity index (χ3n) is 7.58. The maximum absolute atomic E-state index is 2.35. The molecule has 0 aromatic heterocycles. The van der Waals surface area contributed by atoms with Gasteiger partial charge in [0.25, 0.3) is 0 Å². The van der Waals surface area contributed by atoms with Gasteiger partial charge in [-0.05, 0) is 54.6 Å². The average molecular weight is 565 g/mol. The number of benzene rings is 6. The van der Waals surface area contributed by atoms with E-state index in [4.69, 9.17) is 0 Å². The van der Waals surface area contributed by atoms with E-state index in [9.17, 15) is 0 Å². The molecule has 0 amide bonds. The van der Waals surface area contributed by atoms with Crippen LogP contribution < -0.4 is 21.2 Å². The molecule has 6 rings (SSSR count). The maximum atomic E-state index is 2.35. The van der Waals surface area contributed by atoms with Crippen molar-refractivity contribution in [2.75, 3.05) is 0 Å². The summed E-state index contributed by atoms with van der Waals surface area (Å²) in [6.45, 7) is 0. The highest BCUT2D eigenvalue weighted by molar-refractivity contribution is 7.74. The molecule has 200 valence electrons. The van der Waals surface area contributed by atoms with Crippen LogP contribution in [0.25, 0.3) is 0 Å². The molecule has 0 N–H and O–H groups in total. The Bertz CT molecular complexity index is 1390. The van der Waals surface area contributed by atoms with Gasteiger partial charge in [-0.1, -0.05) is 182 Å². The van der Waals surface area contributed by atoms with Crippen molar-refractivity contribution >= 4 is 37.1 Å². The second-order valence-electron chi connectivity index (χ2n) is 10.2. The first kappa shape index (κ1) is 27.4. The van der Waals surface area contributed by atoms with Crippen molar-refractivity contribution in [3.05, 3.63) is 193 Å². The normalized spacial score (nSPS) is 12.7. The second kappa shape index (κ2) is 13.7. The molecule has 0 aliphatic carbocycles. The Kier molecular flexibility index (Phi) is 9.14. The summed E-state index contributed by atoms with van der Waals surface area (Å²) in [6.07, 6.45) is 1.05. The molecule has 0 spiro atoms. The SMILES string of the molecule is c1ccc(C(CC(c2ccccc2)P(c2ccccc2)c2ccccc2)P(c2ccccc2)c2ccccc2)cc1. The van der Waals surface area contributed by atoms with Gasteiger partial charge >= 0.3 is 0 Å². The zero-order valence-electron chi connectivity index (χ0n) is 23.1. The highest BCUT2D eigenvalue weighted by Crippen LogP contribution is 2.60. The summed E-state index contributed by atoms with van der Waals surface area (Å²) in [5.74, 6) is 0. The lowest BCUT2D eigenvalue weighted by Crippen LogP contribution is -2.22. The Balaban J connectivity index is 1.55. The molecule has 6 aromatic rings. The Morgan fingerprint density at radius 3 is 0.756 bits per heavy atom. The third-order valence-corrected chi connectivity index (χ3v) is 13.3. The van der Waals surface area contributed by atoms with E-state index in [-0.39, 0.29) is 0 Å². The largest absolute Gasteiger partial charge is 0.0622 e. The highest BCUT2D eigenvalue weighted by Gasteiger charge is 2.34. The van der Waals surface area contributed by atoms with Crippen LogP contribution in [-0.4, -0.2) is 0 Å². The van der Waals surface area contributed by atoms with Crippen molar-refractivity contribution < 1.29 is 0 Å². The van der Waals surface area contributed by atoms with Gasteiger partial charge in [-0.15, -0.1) is 0 Å². The van der Waals surface area contributed by atoms with Gasteiger partial charge in [-0.3, -0.25) is 0 Å². The zero-order valence-corrected chi connectivity index (χ0v) is 24.9. The number of hydrogen-bond donors (Lipinski definition) is 0. The molecule has 0 nitrogen and oxygen atoms in total. The van der Waals surface area contributed by atoms with Crippen LogP contribution in [0.4, 0.5) is 0 Å². The molecule has 2 atom stereocenters. The van der Waals surface area contributed by atoms with Crippen LogP contribution in [0.2, 0.25) is 0 Å². The van der Waals surface area contributed by atoms with E-state index >= 15 is 0 Å². The van der Waals surface area contributed by atoms with Gasteiger partial charge < -0.3 is 0 Å². The van der Waals surface area contributed by atoms with E-state index in [1.807, 2.05) is 0 Å². The van der Waals surface area contributed by atoms with Crippen LogP contribution in [-0.2, 0) is 0 Å². The predicted molar refractivity (Wildman–Crippen MR) is 181 cm³/mol. The highest BCUT2D eigenvalue weighted by atomic mass is 31.1. The Hall–Kier alpha value is -3.82. The average Bonchev–Trinajstić information content (AvgIpc) is 3.07. The lowest BCUT2D eigenvalue weighted by atomic mass is 10.0. The molecular formula is C39H34P2. The van der Waals surface area contributed by atoms with Gasteiger partial charge in [0.2, 0.25) is 0 Å². The van der Waals surface area contributed by atoms with E-state index in [0.29, 0.717) is 11.3 Å². The molecule has 0 heterocycles. The zero-order chi connectivity index (χ0) is 27.7. The van der Waals surface area contributed by atoms with E-state index in [1.54, 1.807) is 0 Å².